The van der Waals surface area contributed by atoms with Crippen molar-refractivity contribution in [2.75, 3.05) is 23.7 Å². The highest BCUT2D eigenvalue weighted by Crippen LogP contribution is 2.16. The maximum absolute atomic E-state index is 12.0. The number of aromatic nitrogens is 3. The third-order valence-corrected chi connectivity index (χ3v) is 4.34. The van der Waals surface area contributed by atoms with Gasteiger partial charge in [0.2, 0.25) is 5.91 Å². The van der Waals surface area contributed by atoms with Gasteiger partial charge < -0.3 is 16.0 Å². The number of carbonyl (C=O) groups excluding carboxylic acids is 1. The van der Waals surface area contributed by atoms with Gasteiger partial charge in [-0.1, -0.05) is 24.3 Å². The van der Waals surface area contributed by atoms with Crippen LogP contribution in [-0.2, 0) is 4.79 Å². The molecule has 0 saturated carbocycles. The number of rotatable bonds is 8. The van der Waals surface area contributed by atoms with Crippen molar-refractivity contribution in [2.45, 2.75) is 20.8 Å². The second kappa shape index (κ2) is 10.2. The van der Waals surface area contributed by atoms with Crippen molar-refractivity contribution in [1.29, 1.82) is 0 Å². The van der Waals surface area contributed by atoms with Crippen molar-refractivity contribution in [3.05, 3.63) is 77.3 Å². The quantitative estimate of drug-likeness (QED) is 0.392. The van der Waals surface area contributed by atoms with E-state index in [1.54, 1.807) is 12.3 Å². The summed E-state index contributed by atoms with van der Waals surface area (Å²) in [5, 5.41) is 9.26. The van der Waals surface area contributed by atoms with Crippen molar-refractivity contribution in [1.82, 2.24) is 20.3 Å². The summed E-state index contributed by atoms with van der Waals surface area (Å²) in [6.45, 7) is 6.88. The van der Waals surface area contributed by atoms with Crippen LogP contribution >= 0.6 is 0 Å². The van der Waals surface area contributed by atoms with Crippen LogP contribution in [0.3, 0.4) is 0 Å². The van der Waals surface area contributed by atoms with E-state index in [0.29, 0.717) is 30.5 Å². The molecule has 0 fully saturated rings. The highest BCUT2D eigenvalue weighted by atomic mass is 16.1. The van der Waals surface area contributed by atoms with Crippen LogP contribution in [-0.4, -0.2) is 33.9 Å². The predicted octanol–water partition coefficient (Wildman–Crippen LogP) is 3.78. The van der Waals surface area contributed by atoms with E-state index in [1.807, 2.05) is 69.3 Å². The fourth-order valence-corrected chi connectivity index (χ4v) is 2.83. The van der Waals surface area contributed by atoms with E-state index >= 15 is 0 Å². The molecule has 0 spiro atoms. The first-order chi connectivity index (χ1) is 14.5. The van der Waals surface area contributed by atoms with Gasteiger partial charge in [-0.25, -0.2) is 15.0 Å². The zero-order valence-electron chi connectivity index (χ0n) is 17.4. The molecule has 3 rings (SSSR count). The molecule has 0 bridgehead atoms. The van der Waals surface area contributed by atoms with Gasteiger partial charge in [0.25, 0.3) is 0 Å². The monoisotopic (exact) mass is 402 g/mol. The van der Waals surface area contributed by atoms with Crippen LogP contribution in [0.4, 0.5) is 17.5 Å². The van der Waals surface area contributed by atoms with E-state index in [-0.39, 0.29) is 5.91 Å². The second-order valence-electron chi connectivity index (χ2n) is 6.94. The van der Waals surface area contributed by atoms with Gasteiger partial charge in [-0.2, -0.15) is 0 Å². The Hall–Kier alpha value is -3.74. The molecule has 3 aromatic rings. The van der Waals surface area contributed by atoms with Gasteiger partial charge in [0.15, 0.2) is 0 Å². The van der Waals surface area contributed by atoms with Crippen LogP contribution in [0.15, 0.2) is 54.7 Å². The summed E-state index contributed by atoms with van der Waals surface area (Å²) in [6, 6.07) is 13.6. The van der Waals surface area contributed by atoms with Gasteiger partial charge >= 0.3 is 0 Å². The molecule has 154 valence electrons. The van der Waals surface area contributed by atoms with Gasteiger partial charge in [-0.05, 0) is 55.7 Å². The summed E-state index contributed by atoms with van der Waals surface area (Å²) in [6.07, 6.45) is 5.12. The van der Waals surface area contributed by atoms with Gasteiger partial charge in [-0.3, -0.25) is 4.79 Å². The fraction of sp³-hybridized carbons (Fsp3) is 0.217. The number of aryl methyl sites for hydroxylation is 3. The Morgan fingerprint density at radius 1 is 0.967 bits per heavy atom. The van der Waals surface area contributed by atoms with E-state index in [4.69, 9.17) is 0 Å². The molecule has 7 heteroatoms. The molecule has 0 unspecified atom stereocenters. The third-order valence-electron chi connectivity index (χ3n) is 4.34. The molecule has 0 aliphatic heterocycles. The zero-order valence-corrected chi connectivity index (χ0v) is 17.4. The first kappa shape index (κ1) is 21.0. The summed E-state index contributed by atoms with van der Waals surface area (Å²) < 4.78 is 0. The standard InChI is InChI=1S/C23H26N6O/c1-16-10-11-24-20(14-16)29-22-15-21(27-18(3)28-22)25-12-13-26-23(30)9-8-19-7-5-4-6-17(19)2/h4-11,14-15H,12-13H2,1-3H3,(H,26,30)(H2,24,25,27,28,29)/b9-8+. The van der Waals surface area contributed by atoms with Crippen LogP contribution in [0.1, 0.15) is 22.5 Å². The molecule has 1 aromatic carbocycles. The summed E-state index contributed by atoms with van der Waals surface area (Å²) in [4.78, 5) is 25.1. The third kappa shape index (κ3) is 6.41. The van der Waals surface area contributed by atoms with E-state index < -0.39 is 0 Å². The zero-order chi connectivity index (χ0) is 21.3. The van der Waals surface area contributed by atoms with Gasteiger partial charge in [0.1, 0.15) is 23.3 Å². The average Bonchev–Trinajstić information content (AvgIpc) is 2.70. The lowest BCUT2D eigenvalue weighted by Gasteiger charge is -2.10. The van der Waals surface area contributed by atoms with Crippen molar-refractivity contribution < 1.29 is 4.79 Å². The van der Waals surface area contributed by atoms with Crippen LogP contribution < -0.4 is 16.0 Å². The minimum absolute atomic E-state index is 0.133. The highest BCUT2D eigenvalue weighted by molar-refractivity contribution is 5.91. The Balaban J connectivity index is 1.49. The maximum atomic E-state index is 12.0. The summed E-state index contributed by atoms with van der Waals surface area (Å²) in [5.41, 5.74) is 3.28. The normalized spacial score (nSPS) is 10.8. The number of nitrogens with zero attached hydrogens (tertiary/aromatic N) is 3. The first-order valence-corrected chi connectivity index (χ1v) is 9.80. The number of amides is 1. The van der Waals surface area contributed by atoms with Crippen molar-refractivity contribution in [2.24, 2.45) is 0 Å². The van der Waals surface area contributed by atoms with E-state index in [9.17, 15) is 4.79 Å². The summed E-state index contributed by atoms with van der Waals surface area (Å²) >= 11 is 0. The molecular formula is C23H26N6O. The lowest BCUT2D eigenvalue weighted by molar-refractivity contribution is -0.116. The number of hydrogen-bond donors (Lipinski definition) is 3. The number of pyridine rings is 1. The SMILES string of the molecule is Cc1ccnc(Nc2cc(NCCNC(=O)/C=C/c3ccccc3C)nc(C)n2)c1. The lowest BCUT2D eigenvalue weighted by Crippen LogP contribution is -2.27. The molecule has 0 aliphatic rings. The largest absolute Gasteiger partial charge is 0.368 e. The fourth-order valence-electron chi connectivity index (χ4n) is 2.83. The number of benzene rings is 1. The van der Waals surface area contributed by atoms with Gasteiger partial charge in [-0.15, -0.1) is 0 Å². The smallest absolute Gasteiger partial charge is 0.244 e. The van der Waals surface area contributed by atoms with E-state index in [2.05, 4.69) is 30.9 Å². The van der Waals surface area contributed by atoms with Gasteiger partial charge in [0.05, 0.1) is 0 Å². The number of anilines is 3. The molecule has 3 N–H and O–H groups in total. The first-order valence-electron chi connectivity index (χ1n) is 9.80. The van der Waals surface area contributed by atoms with Crippen LogP contribution in [0.2, 0.25) is 0 Å². The predicted molar refractivity (Wildman–Crippen MR) is 121 cm³/mol. The highest BCUT2D eigenvalue weighted by Gasteiger charge is 2.04. The number of hydrogen-bond acceptors (Lipinski definition) is 6. The molecule has 1 amide bonds. The number of carbonyl (C=O) groups is 1. The second-order valence-corrected chi connectivity index (χ2v) is 6.94. The van der Waals surface area contributed by atoms with E-state index in [1.165, 1.54) is 0 Å². The summed E-state index contributed by atoms with van der Waals surface area (Å²) in [7, 11) is 0. The molecule has 0 radical (unpaired) electrons. The topological polar surface area (TPSA) is 91.8 Å². The molecule has 0 atom stereocenters. The van der Waals surface area contributed by atoms with Gasteiger partial charge in [0, 0.05) is 31.4 Å². The molecule has 7 nitrogen and oxygen atoms in total. The van der Waals surface area contributed by atoms with Crippen molar-refractivity contribution >= 4 is 29.4 Å². The minimum atomic E-state index is -0.133. The average molecular weight is 403 g/mol. The molecule has 2 aromatic heterocycles. The van der Waals surface area contributed by atoms with Crippen molar-refractivity contribution in [3.63, 3.8) is 0 Å². The summed E-state index contributed by atoms with van der Waals surface area (Å²) in [5.74, 6) is 2.58. The Bertz CT molecular complexity index is 1050. The van der Waals surface area contributed by atoms with Crippen LogP contribution in [0.5, 0.6) is 0 Å². The Labute approximate surface area is 176 Å². The molecule has 30 heavy (non-hydrogen) atoms. The Morgan fingerprint density at radius 2 is 1.77 bits per heavy atom. The minimum Gasteiger partial charge on any atom is -0.368 e. The maximum Gasteiger partial charge on any atom is 0.244 e. The van der Waals surface area contributed by atoms with Crippen LogP contribution in [0, 0.1) is 20.8 Å². The van der Waals surface area contributed by atoms with Crippen LogP contribution in [0.25, 0.3) is 6.08 Å². The Morgan fingerprint density at radius 3 is 2.57 bits per heavy atom. The molecule has 2 heterocycles. The number of nitrogens with one attached hydrogen (secondary N) is 3. The molecule has 0 aliphatic carbocycles. The lowest BCUT2D eigenvalue weighted by atomic mass is 10.1. The van der Waals surface area contributed by atoms with E-state index in [0.717, 1.165) is 22.5 Å². The Kier molecular flexibility index (Phi) is 7.10. The van der Waals surface area contributed by atoms with Crippen molar-refractivity contribution in [3.8, 4) is 0 Å². The molecular weight excluding hydrogens is 376 g/mol. The molecule has 0 saturated heterocycles.